The Bertz CT molecular complexity index is 401. The maximum atomic E-state index is 10.4. The summed E-state index contributed by atoms with van der Waals surface area (Å²) in [6, 6.07) is 1.70. The van der Waals surface area contributed by atoms with Crippen LogP contribution >= 0.6 is 0 Å². The first-order valence-corrected chi connectivity index (χ1v) is 5.88. The molecular weight excluding hydrogens is 232 g/mol. The molecule has 0 saturated heterocycles. The van der Waals surface area contributed by atoms with Gasteiger partial charge >= 0.3 is 5.97 Å². The Morgan fingerprint density at radius 1 is 1.28 bits per heavy atom. The molecule has 0 aliphatic heterocycles. The van der Waals surface area contributed by atoms with E-state index in [1.54, 1.807) is 6.07 Å². The zero-order chi connectivity index (χ0) is 13.6. The van der Waals surface area contributed by atoms with E-state index in [1.807, 2.05) is 0 Å². The van der Waals surface area contributed by atoms with E-state index >= 15 is 0 Å². The normalized spacial score (nSPS) is 11.1. The second kappa shape index (κ2) is 6.18. The van der Waals surface area contributed by atoms with Crippen molar-refractivity contribution in [3.05, 3.63) is 12.4 Å². The number of nitrogens with zero attached hydrogens (tertiary/aromatic N) is 2. The van der Waals surface area contributed by atoms with Gasteiger partial charge in [0.2, 0.25) is 0 Å². The highest BCUT2D eigenvalue weighted by Crippen LogP contribution is 2.18. The van der Waals surface area contributed by atoms with Gasteiger partial charge in [-0.1, -0.05) is 20.8 Å². The average molecular weight is 252 g/mol. The standard InChI is InChI=1S/C12H20N4O2/c1-12(2,3)4-5-13-9-6-10(16-8-15-9)14-7-11(17)18/h6,8H,4-5,7H2,1-3H3,(H,17,18)(H2,13,14,15,16). The lowest BCUT2D eigenvalue weighted by atomic mass is 9.92. The van der Waals surface area contributed by atoms with Crippen LogP contribution in [0.5, 0.6) is 0 Å². The number of carboxylic acid groups (broad SMARTS) is 1. The topological polar surface area (TPSA) is 87.1 Å². The first-order chi connectivity index (χ1) is 8.37. The third-order valence-electron chi connectivity index (χ3n) is 2.27. The molecule has 1 aromatic rings. The number of carboxylic acids is 1. The summed E-state index contributed by atoms with van der Waals surface area (Å²) >= 11 is 0. The largest absolute Gasteiger partial charge is 0.480 e. The van der Waals surface area contributed by atoms with Gasteiger partial charge in [-0.15, -0.1) is 0 Å². The van der Waals surface area contributed by atoms with Crippen LogP contribution in [-0.4, -0.2) is 34.1 Å². The van der Waals surface area contributed by atoms with Crippen molar-refractivity contribution >= 4 is 17.6 Å². The molecule has 0 aromatic carbocycles. The second-order valence-electron chi connectivity index (χ2n) is 5.27. The number of hydrogen-bond donors (Lipinski definition) is 3. The monoisotopic (exact) mass is 252 g/mol. The molecule has 0 unspecified atom stereocenters. The zero-order valence-electron chi connectivity index (χ0n) is 11.0. The van der Waals surface area contributed by atoms with Crippen molar-refractivity contribution in [3.8, 4) is 0 Å². The van der Waals surface area contributed by atoms with E-state index in [9.17, 15) is 4.79 Å². The van der Waals surface area contributed by atoms with E-state index < -0.39 is 5.97 Å². The summed E-state index contributed by atoms with van der Waals surface area (Å²) in [4.78, 5) is 18.4. The molecule has 0 radical (unpaired) electrons. The number of aromatic nitrogens is 2. The molecule has 0 amide bonds. The fraction of sp³-hybridized carbons (Fsp3) is 0.583. The first kappa shape index (κ1) is 14.2. The van der Waals surface area contributed by atoms with Crippen molar-refractivity contribution in [2.45, 2.75) is 27.2 Å². The minimum absolute atomic E-state index is 0.154. The van der Waals surface area contributed by atoms with Gasteiger partial charge < -0.3 is 15.7 Å². The van der Waals surface area contributed by atoms with E-state index in [-0.39, 0.29) is 12.0 Å². The molecule has 18 heavy (non-hydrogen) atoms. The van der Waals surface area contributed by atoms with Gasteiger partial charge in [-0.25, -0.2) is 9.97 Å². The number of hydrogen-bond acceptors (Lipinski definition) is 5. The highest BCUT2D eigenvalue weighted by molar-refractivity contribution is 5.72. The quantitative estimate of drug-likeness (QED) is 0.716. The minimum atomic E-state index is -0.921. The summed E-state index contributed by atoms with van der Waals surface area (Å²) in [5, 5.41) is 14.4. The zero-order valence-corrected chi connectivity index (χ0v) is 11.0. The van der Waals surface area contributed by atoms with Crippen molar-refractivity contribution in [3.63, 3.8) is 0 Å². The van der Waals surface area contributed by atoms with Crippen LogP contribution in [0.25, 0.3) is 0 Å². The lowest BCUT2D eigenvalue weighted by Crippen LogP contribution is -2.15. The molecule has 1 rings (SSSR count). The van der Waals surface area contributed by atoms with Crippen LogP contribution in [-0.2, 0) is 4.79 Å². The lowest BCUT2D eigenvalue weighted by molar-refractivity contribution is -0.134. The van der Waals surface area contributed by atoms with Crippen LogP contribution in [0.4, 0.5) is 11.6 Å². The number of anilines is 2. The van der Waals surface area contributed by atoms with Crippen LogP contribution in [0.2, 0.25) is 0 Å². The molecule has 6 heteroatoms. The molecule has 0 saturated carbocycles. The average Bonchev–Trinajstić information content (AvgIpc) is 2.25. The van der Waals surface area contributed by atoms with Crippen molar-refractivity contribution in [2.24, 2.45) is 5.41 Å². The van der Waals surface area contributed by atoms with Crippen molar-refractivity contribution in [1.82, 2.24) is 9.97 Å². The smallest absolute Gasteiger partial charge is 0.322 e. The molecule has 3 N–H and O–H groups in total. The van der Waals surface area contributed by atoms with Crippen LogP contribution in [0, 0.1) is 5.41 Å². The van der Waals surface area contributed by atoms with Crippen molar-refractivity contribution < 1.29 is 9.90 Å². The highest BCUT2D eigenvalue weighted by Gasteiger charge is 2.09. The molecule has 0 spiro atoms. The first-order valence-electron chi connectivity index (χ1n) is 5.88. The summed E-state index contributed by atoms with van der Waals surface area (Å²) in [5.41, 5.74) is 0.268. The van der Waals surface area contributed by atoms with Gasteiger partial charge in [-0.2, -0.15) is 0 Å². The van der Waals surface area contributed by atoms with Crippen LogP contribution in [0.1, 0.15) is 27.2 Å². The second-order valence-corrected chi connectivity index (χ2v) is 5.27. The summed E-state index contributed by atoms with van der Waals surface area (Å²) < 4.78 is 0. The molecule has 0 fully saturated rings. The molecule has 6 nitrogen and oxygen atoms in total. The number of rotatable bonds is 6. The molecule has 100 valence electrons. The fourth-order valence-corrected chi connectivity index (χ4v) is 1.28. The van der Waals surface area contributed by atoms with Crippen molar-refractivity contribution in [2.75, 3.05) is 23.7 Å². The molecule has 1 aromatic heterocycles. The molecule has 0 aliphatic rings. The Kier molecular flexibility index (Phi) is 4.88. The van der Waals surface area contributed by atoms with Gasteiger partial charge in [-0.3, -0.25) is 4.79 Å². The lowest BCUT2D eigenvalue weighted by Gasteiger charge is -2.18. The molecule has 0 atom stereocenters. The van der Waals surface area contributed by atoms with Crippen LogP contribution < -0.4 is 10.6 Å². The summed E-state index contributed by atoms with van der Waals surface area (Å²) in [6.45, 7) is 7.19. The van der Waals surface area contributed by atoms with Gasteiger partial charge in [0.1, 0.15) is 24.5 Å². The molecular formula is C12H20N4O2. The predicted octanol–water partition coefficient (Wildman–Crippen LogP) is 1.82. The molecule has 0 aliphatic carbocycles. The molecule has 0 bridgehead atoms. The third kappa shape index (κ3) is 6.03. The Morgan fingerprint density at radius 2 is 1.89 bits per heavy atom. The summed E-state index contributed by atoms with van der Waals surface area (Å²) in [5.74, 6) is 0.281. The number of nitrogens with one attached hydrogen (secondary N) is 2. The van der Waals surface area contributed by atoms with E-state index in [0.29, 0.717) is 11.6 Å². The maximum absolute atomic E-state index is 10.4. The third-order valence-corrected chi connectivity index (χ3v) is 2.27. The van der Waals surface area contributed by atoms with Crippen LogP contribution in [0.3, 0.4) is 0 Å². The Balaban J connectivity index is 2.46. The van der Waals surface area contributed by atoms with Gasteiger partial charge in [0.15, 0.2) is 0 Å². The van der Waals surface area contributed by atoms with Gasteiger partial charge in [-0.05, 0) is 11.8 Å². The minimum Gasteiger partial charge on any atom is -0.480 e. The van der Waals surface area contributed by atoms with E-state index in [0.717, 1.165) is 13.0 Å². The van der Waals surface area contributed by atoms with E-state index in [2.05, 4.69) is 41.4 Å². The fourth-order valence-electron chi connectivity index (χ4n) is 1.28. The van der Waals surface area contributed by atoms with Crippen molar-refractivity contribution in [1.29, 1.82) is 0 Å². The SMILES string of the molecule is CC(C)(C)CCNc1cc(NCC(=O)O)ncn1. The summed E-state index contributed by atoms with van der Waals surface area (Å²) in [7, 11) is 0. The van der Waals surface area contributed by atoms with Gasteiger partial charge in [0.25, 0.3) is 0 Å². The van der Waals surface area contributed by atoms with Gasteiger partial charge in [0, 0.05) is 12.6 Å². The number of carbonyl (C=O) groups is 1. The molecule has 1 heterocycles. The number of aliphatic carboxylic acids is 1. The van der Waals surface area contributed by atoms with Crippen LogP contribution in [0.15, 0.2) is 12.4 Å². The van der Waals surface area contributed by atoms with E-state index in [4.69, 9.17) is 5.11 Å². The Morgan fingerprint density at radius 3 is 2.44 bits per heavy atom. The van der Waals surface area contributed by atoms with E-state index in [1.165, 1.54) is 6.33 Å². The summed E-state index contributed by atoms with van der Waals surface area (Å²) in [6.07, 6.45) is 2.43. The Labute approximate surface area is 107 Å². The van der Waals surface area contributed by atoms with Gasteiger partial charge in [0.05, 0.1) is 0 Å². The Hall–Kier alpha value is -1.85. The maximum Gasteiger partial charge on any atom is 0.322 e. The highest BCUT2D eigenvalue weighted by atomic mass is 16.4. The predicted molar refractivity (Wildman–Crippen MR) is 70.7 cm³/mol.